The van der Waals surface area contributed by atoms with Gasteiger partial charge >= 0.3 is 5.97 Å². The topological polar surface area (TPSA) is 39.2 Å². The third kappa shape index (κ3) is 2.18. The van der Waals surface area contributed by atoms with E-state index in [0.29, 0.717) is 11.5 Å². The Morgan fingerprint density at radius 1 is 1.60 bits per heavy atom. The van der Waals surface area contributed by atoms with E-state index in [-0.39, 0.29) is 5.97 Å². The zero-order valence-electron chi connectivity index (χ0n) is 7.99. The summed E-state index contributed by atoms with van der Waals surface area (Å²) in [6.45, 7) is 2.18. The lowest BCUT2D eigenvalue weighted by molar-refractivity contribution is 0.0532. The normalized spacial score (nSPS) is 10.5. The first-order valence-corrected chi connectivity index (χ1v) is 6.04. The molecule has 0 aliphatic rings. The summed E-state index contributed by atoms with van der Waals surface area (Å²) < 4.78 is 6.81. The molecule has 0 saturated carbocycles. The summed E-state index contributed by atoms with van der Waals surface area (Å²) in [5.74, 6) is -0.281. The van der Waals surface area contributed by atoms with Gasteiger partial charge in [0, 0.05) is 10.7 Å². The lowest BCUT2D eigenvalue weighted by atomic mass is 10.4. The molecule has 0 saturated heterocycles. The molecule has 0 unspecified atom stereocenters. The van der Waals surface area contributed by atoms with E-state index in [1.807, 2.05) is 6.07 Å². The Hall–Kier alpha value is -0.940. The third-order valence-electron chi connectivity index (χ3n) is 1.81. The number of hydrogen-bond acceptors (Lipinski definition) is 4. The number of hydrogen-bond donors (Lipinski definition) is 0. The minimum Gasteiger partial charge on any atom is -0.462 e. The Labute approximate surface area is 99.2 Å². The van der Waals surface area contributed by atoms with Crippen molar-refractivity contribution in [1.29, 1.82) is 0 Å². The summed E-state index contributed by atoms with van der Waals surface area (Å²) in [5.41, 5.74) is 0.825. The number of halogens is 1. The van der Waals surface area contributed by atoms with E-state index in [1.54, 1.807) is 19.2 Å². The van der Waals surface area contributed by atoms with Gasteiger partial charge in [0.2, 0.25) is 0 Å². The highest BCUT2D eigenvalue weighted by molar-refractivity contribution is 9.10. The van der Waals surface area contributed by atoms with Crippen molar-refractivity contribution in [3.63, 3.8) is 0 Å². The molecule has 0 atom stereocenters. The second-order valence-electron chi connectivity index (χ2n) is 2.87. The van der Waals surface area contributed by atoms with Crippen molar-refractivity contribution in [2.24, 2.45) is 0 Å². The van der Waals surface area contributed by atoms with Gasteiger partial charge in [-0.25, -0.2) is 4.79 Å². The molecule has 0 radical (unpaired) electrons. The Kier molecular flexibility index (Phi) is 3.02. The molecule has 0 spiro atoms. The lowest BCUT2D eigenvalue weighted by Gasteiger charge is -1.95. The lowest BCUT2D eigenvalue weighted by Crippen LogP contribution is -2.01. The molecule has 15 heavy (non-hydrogen) atoms. The maximum absolute atomic E-state index is 11.4. The number of nitrogens with zero attached hydrogens (tertiary/aromatic N) is 1. The molecule has 0 aliphatic heterocycles. The smallest absolute Gasteiger partial charge is 0.348 e. The van der Waals surface area contributed by atoms with Crippen LogP contribution in [0.1, 0.15) is 16.6 Å². The van der Waals surface area contributed by atoms with Crippen molar-refractivity contribution < 1.29 is 9.53 Å². The molecule has 0 amide bonds. The zero-order valence-corrected chi connectivity index (χ0v) is 10.4. The molecule has 5 heteroatoms. The molecule has 0 N–H and O–H groups in total. The van der Waals surface area contributed by atoms with Crippen molar-refractivity contribution in [1.82, 2.24) is 4.98 Å². The fourth-order valence-electron chi connectivity index (χ4n) is 1.20. The van der Waals surface area contributed by atoms with Gasteiger partial charge in [0.15, 0.2) is 0 Å². The number of aromatic nitrogens is 1. The van der Waals surface area contributed by atoms with E-state index in [0.717, 1.165) is 14.7 Å². The summed E-state index contributed by atoms with van der Waals surface area (Å²) in [6, 6.07) is 3.69. The van der Waals surface area contributed by atoms with Crippen LogP contribution < -0.4 is 0 Å². The maximum atomic E-state index is 11.4. The predicted octanol–water partition coefficient (Wildman–Crippen LogP) is 3.24. The Balaban J connectivity index is 2.42. The quantitative estimate of drug-likeness (QED) is 0.796. The van der Waals surface area contributed by atoms with Crippen LogP contribution in [0.25, 0.3) is 10.2 Å². The summed E-state index contributed by atoms with van der Waals surface area (Å²) in [5, 5.41) is 0. The van der Waals surface area contributed by atoms with Gasteiger partial charge < -0.3 is 4.74 Å². The largest absolute Gasteiger partial charge is 0.462 e. The molecular weight excluding hydrogens is 278 g/mol. The van der Waals surface area contributed by atoms with Crippen LogP contribution in [-0.4, -0.2) is 17.6 Å². The number of thiophene rings is 1. The van der Waals surface area contributed by atoms with Gasteiger partial charge in [0.25, 0.3) is 0 Å². The first-order chi connectivity index (χ1) is 7.20. The van der Waals surface area contributed by atoms with Crippen molar-refractivity contribution in [2.45, 2.75) is 6.92 Å². The van der Waals surface area contributed by atoms with Crippen LogP contribution >= 0.6 is 27.3 Å². The first-order valence-electron chi connectivity index (χ1n) is 4.43. The van der Waals surface area contributed by atoms with Crippen LogP contribution in [0.5, 0.6) is 0 Å². The minimum absolute atomic E-state index is 0.281. The predicted molar refractivity (Wildman–Crippen MR) is 63.3 cm³/mol. The monoisotopic (exact) mass is 285 g/mol. The zero-order chi connectivity index (χ0) is 10.8. The summed E-state index contributed by atoms with van der Waals surface area (Å²) >= 11 is 4.73. The van der Waals surface area contributed by atoms with Gasteiger partial charge in [-0.2, -0.15) is 0 Å². The van der Waals surface area contributed by atoms with E-state index < -0.39 is 0 Å². The molecule has 2 aromatic heterocycles. The molecule has 0 bridgehead atoms. The third-order valence-corrected chi connectivity index (χ3v) is 3.30. The second-order valence-corrected chi connectivity index (χ2v) is 4.87. The van der Waals surface area contributed by atoms with Gasteiger partial charge in [-0.05, 0) is 35.0 Å². The number of carbonyl (C=O) groups excluding carboxylic acids is 1. The summed E-state index contributed by atoms with van der Waals surface area (Å²) in [6.07, 6.45) is 1.71. The fourth-order valence-corrected chi connectivity index (χ4v) is 2.63. The molecule has 2 heterocycles. The van der Waals surface area contributed by atoms with Gasteiger partial charge in [0.1, 0.15) is 4.88 Å². The molecule has 78 valence electrons. The Bertz CT molecular complexity index is 509. The van der Waals surface area contributed by atoms with Crippen LogP contribution in [0.15, 0.2) is 22.8 Å². The van der Waals surface area contributed by atoms with Crippen LogP contribution in [0.4, 0.5) is 0 Å². The average Bonchev–Trinajstić information content (AvgIpc) is 2.60. The van der Waals surface area contributed by atoms with Crippen LogP contribution in [0, 0.1) is 0 Å². The summed E-state index contributed by atoms with van der Waals surface area (Å²) in [4.78, 5) is 16.2. The van der Waals surface area contributed by atoms with Crippen molar-refractivity contribution in [2.75, 3.05) is 6.61 Å². The molecule has 0 fully saturated rings. The first kappa shape index (κ1) is 10.6. The number of esters is 1. The fraction of sp³-hybridized carbons (Fsp3) is 0.200. The number of fused-ring (bicyclic) bond motifs is 1. The second kappa shape index (κ2) is 4.28. The number of carbonyl (C=O) groups is 1. The number of ether oxygens (including phenoxy) is 1. The molecule has 0 aliphatic carbocycles. The molecule has 3 nitrogen and oxygen atoms in total. The van der Waals surface area contributed by atoms with E-state index >= 15 is 0 Å². The van der Waals surface area contributed by atoms with E-state index in [1.165, 1.54) is 11.3 Å². The van der Waals surface area contributed by atoms with E-state index in [4.69, 9.17) is 4.74 Å². The van der Waals surface area contributed by atoms with Crippen LogP contribution in [0.2, 0.25) is 0 Å². The Morgan fingerprint density at radius 2 is 2.40 bits per heavy atom. The standard InChI is InChI=1S/C10H8BrNO2S/c1-2-14-10(13)9-4-7-8(15-9)3-6(11)5-12-7/h3-5H,2H2,1H3. The van der Waals surface area contributed by atoms with Gasteiger partial charge in [-0.3, -0.25) is 4.98 Å². The van der Waals surface area contributed by atoms with Crippen LogP contribution in [-0.2, 0) is 4.74 Å². The highest BCUT2D eigenvalue weighted by Gasteiger charge is 2.11. The van der Waals surface area contributed by atoms with Crippen molar-refractivity contribution >= 4 is 43.5 Å². The minimum atomic E-state index is -0.281. The van der Waals surface area contributed by atoms with Gasteiger partial charge in [0.05, 0.1) is 16.8 Å². The summed E-state index contributed by atoms with van der Waals surface area (Å²) in [7, 11) is 0. The van der Waals surface area contributed by atoms with Gasteiger partial charge in [-0.1, -0.05) is 0 Å². The number of rotatable bonds is 2. The number of pyridine rings is 1. The van der Waals surface area contributed by atoms with Crippen LogP contribution in [0.3, 0.4) is 0 Å². The average molecular weight is 286 g/mol. The highest BCUT2D eigenvalue weighted by atomic mass is 79.9. The Morgan fingerprint density at radius 3 is 3.13 bits per heavy atom. The SMILES string of the molecule is CCOC(=O)c1cc2ncc(Br)cc2s1. The van der Waals surface area contributed by atoms with E-state index in [9.17, 15) is 4.79 Å². The molecule has 2 aromatic rings. The highest BCUT2D eigenvalue weighted by Crippen LogP contribution is 2.26. The van der Waals surface area contributed by atoms with E-state index in [2.05, 4.69) is 20.9 Å². The van der Waals surface area contributed by atoms with Gasteiger partial charge in [-0.15, -0.1) is 11.3 Å². The molecular formula is C10H8BrNO2S. The molecule has 0 aromatic carbocycles. The van der Waals surface area contributed by atoms with Crippen molar-refractivity contribution in [3.8, 4) is 0 Å². The molecule has 2 rings (SSSR count). The maximum Gasteiger partial charge on any atom is 0.348 e. The van der Waals surface area contributed by atoms with Crippen molar-refractivity contribution in [3.05, 3.63) is 27.7 Å².